The van der Waals surface area contributed by atoms with E-state index in [0.717, 1.165) is 25.7 Å². The van der Waals surface area contributed by atoms with E-state index in [2.05, 4.69) is 6.92 Å². The molecule has 0 aliphatic carbocycles. The second kappa shape index (κ2) is 6.78. The van der Waals surface area contributed by atoms with Gasteiger partial charge in [-0.2, -0.15) is 0 Å². The third kappa shape index (κ3) is 3.76. The lowest BCUT2D eigenvalue weighted by Gasteiger charge is -2.36. The van der Waals surface area contributed by atoms with Crippen molar-refractivity contribution in [3.63, 3.8) is 0 Å². The lowest BCUT2D eigenvalue weighted by Crippen LogP contribution is -2.44. The van der Waals surface area contributed by atoms with Crippen LogP contribution < -0.4 is 0 Å². The minimum Gasteiger partial charge on any atom is -0.390 e. The highest BCUT2D eigenvalue weighted by molar-refractivity contribution is 7.93. The van der Waals surface area contributed by atoms with E-state index in [4.69, 9.17) is 0 Å². The number of hydrogen-bond donors (Lipinski definition) is 1. The molecule has 0 aromatic heterocycles. The molecule has 2 aliphatic heterocycles. The van der Waals surface area contributed by atoms with Crippen LogP contribution in [-0.2, 0) is 9.84 Å². The van der Waals surface area contributed by atoms with Crippen molar-refractivity contribution in [1.82, 2.24) is 0 Å². The van der Waals surface area contributed by atoms with Gasteiger partial charge in [0.25, 0.3) is 0 Å². The van der Waals surface area contributed by atoms with Gasteiger partial charge in [0.05, 0.1) is 16.1 Å². The maximum absolute atomic E-state index is 12.0. The van der Waals surface area contributed by atoms with Gasteiger partial charge in [0.2, 0.25) is 0 Å². The average molecular weight is 302 g/mol. The average Bonchev–Trinajstić information content (AvgIpc) is 2.58. The van der Waals surface area contributed by atoms with E-state index >= 15 is 0 Å². The molecule has 2 saturated heterocycles. The first-order valence-corrected chi connectivity index (χ1v) is 10.0. The first kappa shape index (κ1) is 16.3. The van der Waals surface area contributed by atoms with Gasteiger partial charge in [0, 0.05) is 0 Å². The molecule has 1 N–H and O–H groups in total. The molecule has 0 aromatic rings. The zero-order valence-electron chi connectivity index (χ0n) is 12.8. The first-order valence-electron chi connectivity index (χ1n) is 8.43. The van der Waals surface area contributed by atoms with Gasteiger partial charge in [-0.15, -0.1) is 0 Å². The summed E-state index contributed by atoms with van der Waals surface area (Å²) in [6.07, 6.45) is 12.0. The van der Waals surface area contributed by atoms with Gasteiger partial charge >= 0.3 is 0 Å². The molecule has 4 heteroatoms. The van der Waals surface area contributed by atoms with Gasteiger partial charge in [-0.05, 0) is 32.1 Å². The lowest BCUT2D eigenvalue weighted by molar-refractivity contribution is 0.0108. The Morgan fingerprint density at radius 3 is 2.00 bits per heavy atom. The Kier molecular flexibility index (Phi) is 5.52. The molecule has 0 radical (unpaired) electrons. The highest BCUT2D eigenvalue weighted by Crippen LogP contribution is 2.44. The predicted octanol–water partition coefficient (Wildman–Crippen LogP) is 3.60. The molecule has 2 rings (SSSR count). The third-order valence-electron chi connectivity index (χ3n) is 5.20. The molecule has 20 heavy (non-hydrogen) atoms. The van der Waals surface area contributed by atoms with Crippen molar-refractivity contribution >= 4 is 9.84 Å². The van der Waals surface area contributed by atoms with Crippen molar-refractivity contribution in [3.05, 3.63) is 0 Å². The zero-order chi connectivity index (χ0) is 14.6. The van der Waals surface area contributed by atoms with Gasteiger partial charge < -0.3 is 5.11 Å². The maximum Gasteiger partial charge on any atom is 0.156 e. The number of aliphatic hydroxyl groups is 1. The highest BCUT2D eigenvalue weighted by Gasteiger charge is 2.52. The summed E-state index contributed by atoms with van der Waals surface area (Å²) in [5.41, 5.74) is -0.694. The van der Waals surface area contributed by atoms with Gasteiger partial charge in [0.15, 0.2) is 9.84 Å². The molecule has 2 heterocycles. The summed E-state index contributed by atoms with van der Waals surface area (Å²) in [6.45, 7) is 2.22. The van der Waals surface area contributed by atoms with Crippen LogP contribution in [0.15, 0.2) is 0 Å². The summed E-state index contributed by atoms with van der Waals surface area (Å²) in [7, 11) is -2.91. The van der Waals surface area contributed by atoms with Crippen LogP contribution >= 0.6 is 0 Å². The maximum atomic E-state index is 12.0. The van der Waals surface area contributed by atoms with Crippen LogP contribution in [0.3, 0.4) is 0 Å². The van der Waals surface area contributed by atoms with Crippen LogP contribution in [0.2, 0.25) is 0 Å². The predicted molar refractivity (Wildman–Crippen MR) is 82.5 cm³/mol. The quantitative estimate of drug-likeness (QED) is 0.697. The van der Waals surface area contributed by atoms with E-state index < -0.39 is 15.4 Å². The number of rotatable bonds is 8. The van der Waals surface area contributed by atoms with Crippen LogP contribution in [0.4, 0.5) is 0 Å². The van der Waals surface area contributed by atoms with Crippen molar-refractivity contribution in [2.45, 2.75) is 100 Å². The number of fused-ring (bicyclic) bond motifs is 2. The second-order valence-corrected chi connectivity index (χ2v) is 9.43. The SMILES string of the molecule is CCCCCCCCCC1(O)CC2CCC(C1)S2(=O)=O. The molecule has 0 aromatic carbocycles. The van der Waals surface area contributed by atoms with E-state index in [1.807, 2.05) is 0 Å². The van der Waals surface area contributed by atoms with Crippen LogP contribution in [0, 0.1) is 0 Å². The Labute approximate surface area is 124 Å². The summed E-state index contributed by atoms with van der Waals surface area (Å²) in [6, 6.07) is 0. The van der Waals surface area contributed by atoms with Crippen molar-refractivity contribution in [2.24, 2.45) is 0 Å². The smallest absolute Gasteiger partial charge is 0.156 e. The second-order valence-electron chi connectivity index (χ2n) is 6.91. The van der Waals surface area contributed by atoms with Crippen molar-refractivity contribution < 1.29 is 13.5 Å². The molecule has 0 spiro atoms. The van der Waals surface area contributed by atoms with Gasteiger partial charge in [0.1, 0.15) is 0 Å². The molecule has 2 fully saturated rings. The number of hydrogen-bond acceptors (Lipinski definition) is 3. The summed E-state index contributed by atoms with van der Waals surface area (Å²) in [4.78, 5) is 0. The minimum atomic E-state index is -2.91. The fraction of sp³-hybridized carbons (Fsp3) is 1.00. The van der Waals surface area contributed by atoms with Crippen LogP contribution in [0.25, 0.3) is 0 Å². The normalized spacial score (nSPS) is 35.3. The standard InChI is InChI=1S/C16H30O3S/c1-2-3-4-5-6-7-8-11-16(17)12-14-9-10-15(13-16)20(14,18)19/h14-15,17H,2-13H2,1H3. The van der Waals surface area contributed by atoms with Crippen molar-refractivity contribution in [3.8, 4) is 0 Å². The Balaban J connectivity index is 1.69. The van der Waals surface area contributed by atoms with E-state index in [1.54, 1.807) is 0 Å². The van der Waals surface area contributed by atoms with Gasteiger partial charge in [-0.3, -0.25) is 0 Å². The Bertz CT molecular complexity index is 382. The fourth-order valence-electron chi connectivity index (χ4n) is 3.96. The van der Waals surface area contributed by atoms with E-state index in [1.165, 1.54) is 38.5 Å². The van der Waals surface area contributed by atoms with Crippen molar-refractivity contribution in [2.75, 3.05) is 0 Å². The largest absolute Gasteiger partial charge is 0.390 e. The molecule has 118 valence electrons. The molecule has 0 amide bonds. The fourth-order valence-corrected chi connectivity index (χ4v) is 6.51. The molecule has 0 saturated carbocycles. The minimum absolute atomic E-state index is 0.254. The topological polar surface area (TPSA) is 54.4 Å². The molecular weight excluding hydrogens is 272 g/mol. The van der Waals surface area contributed by atoms with E-state index in [-0.39, 0.29) is 10.5 Å². The Morgan fingerprint density at radius 1 is 0.950 bits per heavy atom. The number of sulfone groups is 1. The number of unbranched alkanes of at least 4 members (excludes halogenated alkanes) is 6. The lowest BCUT2D eigenvalue weighted by atomic mass is 9.87. The Hall–Kier alpha value is -0.0900. The molecule has 2 aliphatic rings. The zero-order valence-corrected chi connectivity index (χ0v) is 13.6. The van der Waals surface area contributed by atoms with Crippen LogP contribution in [0.1, 0.15) is 84.0 Å². The molecular formula is C16H30O3S. The van der Waals surface area contributed by atoms with Crippen LogP contribution in [0.5, 0.6) is 0 Å². The molecule has 3 nitrogen and oxygen atoms in total. The summed E-state index contributed by atoms with van der Waals surface area (Å²) in [5, 5.41) is 10.2. The summed E-state index contributed by atoms with van der Waals surface area (Å²) >= 11 is 0. The first-order chi connectivity index (χ1) is 9.48. The van der Waals surface area contributed by atoms with Gasteiger partial charge in [-0.25, -0.2) is 8.42 Å². The van der Waals surface area contributed by atoms with E-state index in [9.17, 15) is 13.5 Å². The van der Waals surface area contributed by atoms with E-state index in [0.29, 0.717) is 12.8 Å². The van der Waals surface area contributed by atoms with Crippen LogP contribution in [-0.4, -0.2) is 29.6 Å². The molecule has 2 atom stereocenters. The summed E-state index contributed by atoms with van der Waals surface area (Å²) < 4.78 is 24.1. The third-order valence-corrected chi connectivity index (χ3v) is 7.86. The molecule has 2 bridgehead atoms. The summed E-state index contributed by atoms with van der Waals surface area (Å²) in [5.74, 6) is 0. The van der Waals surface area contributed by atoms with Crippen molar-refractivity contribution in [1.29, 1.82) is 0 Å². The van der Waals surface area contributed by atoms with Gasteiger partial charge in [-0.1, -0.05) is 51.9 Å². The highest BCUT2D eigenvalue weighted by atomic mass is 32.2. The molecule has 2 unspecified atom stereocenters. The Morgan fingerprint density at radius 2 is 1.45 bits per heavy atom. The monoisotopic (exact) mass is 302 g/mol.